The van der Waals surface area contributed by atoms with E-state index in [4.69, 9.17) is 127 Å². The number of halogens is 1. The van der Waals surface area contributed by atoms with Crippen LogP contribution in [0.1, 0.15) is 57.1 Å². The molecule has 0 aliphatic carbocycles. The zero-order valence-corrected chi connectivity index (χ0v) is 73.6. The molecular weight excluding hydrogens is 1940 g/mol. The smallest absolute Gasteiger partial charge is 0.382 e. The highest BCUT2D eigenvalue weighted by molar-refractivity contribution is 7.48. The number of nitrogen functional groups attached to an aromatic ring is 6. The fourth-order valence-electron chi connectivity index (χ4n) is 17.5. The standard InChI is InChI=1S/C21H23FN10O12P2.C21H24N10O12P2.C21H26N10O11P2/c22-8-7-1-39-45(34,35)44-13-12-19(31-5-27-9-14(23)25-4-26-15(9)31)42-21(13,2-38-12)3-40-46(36,37)43-11(8)18(41-7)32-6-28-10-16(32)29-20(24)30-17(10)33;22-14-10-15(25-5-24-14)30(6-26-10)19-12-13-21(41-19,3-37-12)4-39-45(35,36)42-9-1-8(2-38-44(33,34)43-13)40-18(9)31-7-27-11-16(31)28-20(23)29-17(11)32;1-8-14-11(40-19(8)30-6-26-12-15(22)24-5-25-16(12)30)4-38-43(33,34)41-10-2-9(3-37-44(35,36)42-14)39-20(10)31-7-27-13-17(31)28-21(23)29-18(13)32/h4-8,11-13,18-19H,1-3H2,(H,34,35)(H,36,37)(H2,23,25,26)(H3,24,29,30,33);5-9,12-13,18-19H,1-4H2,(H,33,34)(H,35,36)(H2,22,24,25)(H3,23,28,29,32);5-11,14,19-20H,2-4H2,1H3,(H,33,34)(H,35,36)(H2,22,24,25)(H3,23,28,29,32)/t7-,8-,11-,12-,13+,18-,19-,21-;8-,9?,12?,13+,18+,19+,21+;8-,9-,10+,11+,14-,19+,20+/m100/s1. The number of alkyl halides is 1. The number of hydrogen-bond acceptors (Lipinski definition) is 50. The minimum Gasteiger partial charge on any atom is -0.382 e. The van der Waals surface area contributed by atoms with Gasteiger partial charge in [-0.3, -0.25) is 111 Å². The van der Waals surface area contributed by atoms with Gasteiger partial charge in [0.15, 0.2) is 105 Å². The number of imidazole rings is 6. The van der Waals surface area contributed by atoms with Crippen molar-refractivity contribution in [3.63, 3.8) is 0 Å². The second-order valence-corrected chi connectivity index (χ2v) is 40.4. The largest absolute Gasteiger partial charge is 0.472 e. The van der Waals surface area contributed by atoms with Crippen LogP contribution in [0.5, 0.6) is 0 Å². The summed E-state index contributed by atoms with van der Waals surface area (Å²) in [5, 5.41) is 0. The lowest BCUT2D eigenvalue weighted by molar-refractivity contribution is -0.184. The molecule has 28 atom stereocenters. The van der Waals surface area contributed by atoms with E-state index < -0.39 is 237 Å². The highest BCUT2D eigenvalue weighted by Crippen LogP contribution is 2.63. The van der Waals surface area contributed by atoms with E-state index in [1.807, 2.05) is 0 Å². The number of aromatic amines is 3. The van der Waals surface area contributed by atoms with Crippen LogP contribution >= 0.6 is 46.9 Å². The molecule has 8 unspecified atom stereocenters. The van der Waals surface area contributed by atoms with Crippen LogP contribution in [0.2, 0.25) is 0 Å². The molecule has 0 saturated carbocycles. The first-order valence-corrected chi connectivity index (χ1v) is 48.9. The van der Waals surface area contributed by atoms with Gasteiger partial charge in [-0.15, -0.1) is 0 Å². The van der Waals surface area contributed by atoms with Gasteiger partial charge in [0.1, 0.15) is 114 Å². The van der Waals surface area contributed by atoms with Gasteiger partial charge in [-0.05, 0) is 0 Å². The van der Waals surface area contributed by atoms with E-state index >= 15 is 4.39 Å². The van der Waals surface area contributed by atoms with Crippen molar-refractivity contribution < 1.29 is 153 Å². The molecule has 72 heteroatoms. The summed E-state index contributed by atoms with van der Waals surface area (Å²) in [4.78, 5) is 169. The van der Waals surface area contributed by atoms with Gasteiger partial charge >= 0.3 is 46.9 Å². The third-order valence-corrected chi connectivity index (χ3v) is 29.3. The molecule has 11 fully saturated rings. The molecule has 0 amide bonds. The van der Waals surface area contributed by atoms with Gasteiger partial charge in [0, 0.05) is 18.8 Å². The monoisotopic (exact) mass is 2010 g/mol. The van der Waals surface area contributed by atoms with E-state index in [9.17, 15) is 71.1 Å². The average Bonchev–Trinajstić information content (AvgIpc) is 1.56. The van der Waals surface area contributed by atoms with E-state index in [2.05, 4.69) is 89.7 Å². The number of hydrogen-bond donors (Lipinski definition) is 15. The molecule has 11 aliphatic heterocycles. The Labute approximate surface area is 745 Å². The van der Waals surface area contributed by atoms with E-state index in [0.29, 0.717) is 11.2 Å². The van der Waals surface area contributed by atoms with Crippen LogP contribution in [0.3, 0.4) is 0 Å². The summed E-state index contributed by atoms with van der Waals surface area (Å²) in [7, 11) is -29.6. The molecule has 12 aromatic rings. The molecule has 65 nitrogen and oxygen atoms in total. The van der Waals surface area contributed by atoms with Gasteiger partial charge in [-0.2, -0.15) is 15.0 Å². The van der Waals surface area contributed by atoms with Gasteiger partial charge in [0.25, 0.3) is 16.7 Å². The van der Waals surface area contributed by atoms with E-state index in [1.54, 1.807) is 6.92 Å². The number of H-pyrrole nitrogens is 3. The van der Waals surface area contributed by atoms with Gasteiger partial charge in [0.2, 0.25) is 17.8 Å². The van der Waals surface area contributed by atoms with Crippen molar-refractivity contribution in [3.05, 3.63) is 88.0 Å². The van der Waals surface area contributed by atoms with Crippen molar-refractivity contribution >= 4 is 149 Å². The lowest BCUT2D eigenvalue weighted by Crippen LogP contribution is -2.45. The Bertz CT molecular complexity index is 7240. The molecule has 12 aromatic heterocycles. The topological polar surface area (TPSA) is 886 Å². The zero-order chi connectivity index (χ0) is 94.4. The van der Waals surface area contributed by atoms with Crippen molar-refractivity contribution in [2.45, 2.75) is 148 Å². The van der Waals surface area contributed by atoms with Crippen LogP contribution in [0.4, 0.5) is 39.7 Å². The molecule has 10 bridgehead atoms. The Kier molecular flexibility index (Phi) is 22.7. The number of nitrogens with zero attached hydrogens (tertiary/aromatic N) is 21. The minimum atomic E-state index is -5.19. The summed E-state index contributed by atoms with van der Waals surface area (Å²) in [5.41, 5.74) is 30.5. The predicted octanol–water partition coefficient (Wildman–Crippen LogP) is -1.90. The second-order valence-electron chi connectivity index (χ2n) is 32.0. The number of ether oxygens (including phenoxy) is 8. The van der Waals surface area contributed by atoms with Crippen molar-refractivity contribution in [3.8, 4) is 0 Å². The maximum Gasteiger partial charge on any atom is 0.472 e. The Morgan fingerprint density at radius 1 is 0.363 bits per heavy atom. The quantitative estimate of drug-likeness (QED) is 0.0809. The predicted molar refractivity (Wildman–Crippen MR) is 435 cm³/mol. The molecule has 21 N–H and O–H groups in total. The molecule has 0 radical (unpaired) electrons. The lowest BCUT2D eigenvalue weighted by Gasteiger charge is -2.32. The summed E-state index contributed by atoms with van der Waals surface area (Å²) in [5.74, 6) is -1.03. The highest BCUT2D eigenvalue weighted by Gasteiger charge is 2.69. The second kappa shape index (κ2) is 33.6. The SMILES string of the molecule is C[C@H]1[C@@H]2OP(=O)(O)OC[C@@H]3C[C@@H](OP(=O)(O)OC[C@H]2O[C@H]1n1cnc2c(N)ncnc21)[C@H](n1cnc2c(=O)[nH]c(N)nc21)O3.Nc1nc2c(ncn2[C@@H]2O[C@@H]3COP(=O)(O)O[C@@H]4C5OC[C@]4(COP(=O)(O)OC2C3)O[C@H]5n2cnc3c(N)ncnc32)c(=O)[nH]1.Nc1nc2c(ncn2[C@@H]2O[C@@H]3COP(=O)(O)O[C@H]4[C@H]5OC[C@]4(COP(=O)(O)O[C@@H]2[C@@H]3F)O[C@H]5n2cnc3c(N)ncnc32)c(=O)[nH]1. The van der Waals surface area contributed by atoms with Crippen LogP contribution in [0.15, 0.2) is 71.3 Å². The van der Waals surface area contributed by atoms with Crippen LogP contribution < -0.4 is 51.1 Å². The third kappa shape index (κ3) is 16.7. The van der Waals surface area contributed by atoms with E-state index in [1.165, 1.54) is 73.5 Å². The van der Waals surface area contributed by atoms with Crippen LogP contribution in [0.25, 0.3) is 67.0 Å². The first-order valence-electron chi connectivity index (χ1n) is 39.9. The molecular formula is C63H73FN30O35P6. The normalized spacial score (nSPS) is 38.3. The van der Waals surface area contributed by atoms with Gasteiger partial charge in [-0.1, -0.05) is 6.92 Å². The van der Waals surface area contributed by atoms with Crippen LogP contribution in [0, 0.1) is 5.92 Å². The highest BCUT2D eigenvalue weighted by atomic mass is 31.2. The van der Waals surface area contributed by atoms with Gasteiger partial charge in [0.05, 0.1) is 103 Å². The summed E-state index contributed by atoms with van der Waals surface area (Å²) < 4.78 is 216. The van der Waals surface area contributed by atoms with Crippen molar-refractivity contribution in [2.24, 2.45) is 5.92 Å². The molecule has 0 aromatic carbocycles. The van der Waals surface area contributed by atoms with E-state index in [0.717, 1.165) is 10.9 Å². The number of nitrogens with two attached hydrogens (primary N) is 6. The maximum atomic E-state index is 15.8. The average molecular weight is 2020 g/mol. The van der Waals surface area contributed by atoms with Gasteiger partial charge in [-0.25, -0.2) is 91.6 Å². The fourth-order valence-corrected chi connectivity index (χ4v) is 23.4. The van der Waals surface area contributed by atoms with E-state index in [-0.39, 0.29) is 117 Å². The number of nitrogens with one attached hydrogen (secondary N) is 3. The van der Waals surface area contributed by atoms with Crippen molar-refractivity contribution in [2.75, 3.05) is 87.3 Å². The Balaban J connectivity index is 0.000000121. The number of fused-ring (bicyclic) bond motifs is 13. The number of anilines is 6. The summed E-state index contributed by atoms with van der Waals surface area (Å²) in [6, 6.07) is 0. The molecule has 11 aliphatic rings. The molecule has 11 saturated heterocycles. The van der Waals surface area contributed by atoms with Crippen LogP contribution in [-0.2, 0) is 120 Å². The zero-order valence-electron chi connectivity index (χ0n) is 68.3. The molecule has 0 spiro atoms. The summed E-state index contributed by atoms with van der Waals surface area (Å²) in [6.45, 7) is -2.82. The molecule has 135 heavy (non-hydrogen) atoms. The molecule has 23 heterocycles. The lowest BCUT2D eigenvalue weighted by atomic mass is 10.0. The summed E-state index contributed by atoms with van der Waals surface area (Å²) >= 11 is 0. The Hall–Kier alpha value is -10.2. The third-order valence-electron chi connectivity index (χ3n) is 23.4. The Morgan fingerprint density at radius 2 is 0.696 bits per heavy atom. The van der Waals surface area contributed by atoms with Gasteiger partial charge < -0.3 is 102 Å². The van der Waals surface area contributed by atoms with Crippen molar-refractivity contribution in [1.82, 2.24) is 117 Å². The number of phosphoric acid groups is 6. The number of aromatic nitrogens is 24. The first kappa shape index (κ1) is 91.2. The minimum absolute atomic E-state index is 0.00251. The maximum absolute atomic E-state index is 15.8. The summed E-state index contributed by atoms with van der Waals surface area (Å²) in [6.07, 6.45) is -13.3. The number of rotatable bonds is 6. The first-order chi connectivity index (χ1) is 64.2. The number of phosphoric ester groups is 6. The fraction of sp³-hybridized carbons (Fsp3) is 0.524. The molecule has 23 rings (SSSR count). The molecule has 722 valence electrons. The van der Waals surface area contributed by atoms with Crippen molar-refractivity contribution in [1.29, 1.82) is 0 Å². The van der Waals surface area contributed by atoms with Crippen LogP contribution in [-0.4, -0.2) is 290 Å². The Morgan fingerprint density at radius 3 is 1.12 bits per heavy atom.